The fourth-order valence-electron chi connectivity index (χ4n) is 2.92. The van der Waals surface area contributed by atoms with Crippen LogP contribution >= 0.6 is 22.9 Å². The SMILES string of the molecule is CCc1nn2c(=O)cc(COC(=O)c3ccccc3NC(=O)c3cccc(Cl)c3)nc2s1. The summed E-state index contributed by atoms with van der Waals surface area (Å²) in [5.74, 6) is -1.07. The zero-order chi connectivity index (χ0) is 22.7. The second-order valence-corrected chi connectivity index (χ2v) is 8.19. The minimum atomic E-state index is -0.660. The number of ether oxygens (including phenoxy) is 1. The number of esters is 1. The summed E-state index contributed by atoms with van der Waals surface area (Å²) >= 11 is 7.25. The number of amides is 1. The van der Waals surface area contributed by atoms with Gasteiger partial charge in [-0.05, 0) is 36.8 Å². The highest BCUT2D eigenvalue weighted by atomic mass is 35.5. The van der Waals surface area contributed by atoms with Crippen molar-refractivity contribution in [3.63, 3.8) is 0 Å². The molecular weight excluding hydrogens is 452 g/mol. The van der Waals surface area contributed by atoms with Crippen LogP contribution < -0.4 is 10.9 Å². The lowest BCUT2D eigenvalue weighted by atomic mass is 10.1. The molecule has 2 heterocycles. The first kappa shape index (κ1) is 21.7. The van der Waals surface area contributed by atoms with Crippen LogP contribution in [0.5, 0.6) is 0 Å². The predicted octanol–water partition coefficient (Wildman–Crippen LogP) is 3.98. The van der Waals surface area contributed by atoms with Crippen LogP contribution in [0.3, 0.4) is 0 Å². The van der Waals surface area contributed by atoms with Crippen LogP contribution in [0.4, 0.5) is 5.69 Å². The Morgan fingerprint density at radius 1 is 1.16 bits per heavy atom. The maximum Gasteiger partial charge on any atom is 0.340 e. The molecule has 0 aliphatic heterocycles. The Hall–Kier alpha value is -3.56. The standard InChI is InChI=1S/C22H17ClN4O4S/c1-2-18-26-27-19(28)11-15(24-22(27)32-18)12-31-21(30)16-8-3-4-9-17(16)25-20(29)13-6-5-7-14(23)10-13/h3-11H,2,12H2,1H3,(H,25,29). The highest BCUT2D eigenvalue weighted by Crippen LogP contribution is 2.19. The molecular formula is C22H17ClN4O4S. The Balaban J connectivity index is 1.50. The van der Waals surface area contributed by atoms with Crippen molar-refractivity contribution < 1.29 is 14.3 Å². The third kappa shape index (κ3) is 4.68. The zero-order valence-electron chi connectivity index (χ0n) is 16.9. The minimum absolute atomic E-state index is 0.173. The molecule has 0 radical (unpaired) electrons. The van der Waals surface area contributed by atoms with Gasteiger partial charge in [-0.25, -0.2) is 9.78 Å². The first-order chi connectivity index (χ1) is 15.4. The van der Waals surface area contributed by atoms with Crippen LogP contribution in [-0.2, 0) is 17.8 Å². The van der Waals surface area contributed by atoms with Gasteiger partial charge >= 0.3 is 5.97 Å². The molecule has 0 spiro atoms. The largest absolute Gasteiger partial charge is 0.456 e. The van der Waals surface area contributed by atoms with E-state index in [1.807, 2.05) is 6.92 Å². The van der Waals surface area contributed by atoms with Gasteiger partial charge in [0, 0.05) is 16.7 Å². The number of nitrogens with one attached hydrogen (secondary N) is 1. The van der Waals surface area contributed by atoms with Gasteiger partial charge in [0.05, 0.1) is 16.9 Å². The highest BCUT2D eigenvalue weighted by molar-refractivity contribution is 7.16. The van der Waals surface area contributed by atoms with E-state index >= 15 is 0 Å². The van der Waals surface area contributed by atoms with Crippen molar-refractivity contribution in [3.8, 4) is 0 Å². The second kappa shape index (κ2) is 9.29. The number of carbonyl (C=O) groups is 2. The van der Waals surface area contributed by atoms with Crippen molar-refractivity contribution >= 4 is 45.5 Å². The van der Waals surface area contributed by atoms with E-state index in [1.165, 1.54) is 34.1 Å². The normalized spacial score (nSPS) is 10.8. The Morgan fingerprint density at radius 3 is 2.75 bits per heavy atom. The van der Waals surface area contributed by atoms with Gasteiger partial charge in [0.2, 0.25) is 4.96 Å². The van der Waals surface area contributed by atoms with Gasteiger partial charge in [-0.3, -0.25) is 9.59 Å². The van der Waals surface area contributed by atoms with Gasteiger partial charge in [0.1, 0.15) is 11.6 Å². The molecule has 2 aromatic carbocycles. The monoisotopic (exact) mass is 468 g/mol. The average molecular weight is 469 g/mol. The maximum atomic E-state index is 12.7. The molecule has 8 nitrogen and oxygen atoms in total. The summed E-state index contributed by atoms with van der Waals surface area (Å²) in [6.07, 6.45) is 0.690. The second-order valence-electron chi connectivity index (χ2n) is 6.72. The number of nitrogens with zero attached hydrogens (tertiary/aromatic N) is 3. The fourth-order valence-corrected chi connectivity index (χ4v) is 3.97. The summed E-state index contributed by atoms with van der Waals surface area (Å²) in [4.78, 5) is 42.3. The maximum absolute atomic E-state index is 12.7. The molecule has 4 aromatic rings. The van der Waals surface area contributed by atoms with Gasteiger partial charge in [0.15, 0.2) is 0 Å². The summed E-state index contributed by atoms with van der Waals surface area (Å²) in [6.45, 7) is 1.74. The van der Waals surface area contributed by atoms with Crippen molar-refractivity contribution in [2.45, 2.75) is 20.0 Å². The Bertz CT molecular complexity index is 1380. The Kier molecular flexibility index (Phi) is 6.29. The van der Waals surface area contributed by atoms with E-state index in [0.717, 1.165) is 5.01 Å². The summed E-state index contributed by atoms with van der Waals surface area (Å²) < 4.78 is 6.59. The molecule has 0 saturated carbocycles. The lowest BCUT2D eigenvalue weighted by Crippen LogP contribution is -2.18. The third-order valence-electron chi connectivity index (χ3n) is 4.48. The van der Waals surface area contributed by atoms with Crippen molar-refractivity contribution in [1.82, 2.24) is 14.6 Å². The number of anilines is 1. The van der Waals surface area contributed by atoms with E-state index in [1.54, 1.807) is 36.4 Å². The third-order valence-corrected chi connectivity index (χ3v) is 5.76. The number of aromatic nitrogens is 3. The van der Waals surface area contributed by atoms with Gasteiger partial charge in [0.25, 0.3) is 11.5 Å². The topological polar surface area (TPSA) is 103 Å². The average Bonchev–Trinajstić information content (AvgIpc) is 3.22. The number of para-hydroxylation sites is 1. The van der Waals surface area contributed by atoms with Crippen molar-refractivity contribution in [2.24, 2.45) is 0 Å². The van der Waals surface area contributed by atoms with Crippen LogP contribution in [0.25, 0.3) is 4.96 Å². The van der Waals surface area contributed by atoms with E-state index in [0.29, 0.717) is 33.3 Å². The number of hydrogen-bond donors (Lipinski definition) is 1. The minimum Gasteiger partial charge on any atom is -0.456 e. The molecule has 32 heavy (non-hydrogen) atoms. The van der Waals surface area contributed by atoms with Gasteiger partial charge < -0.3 is 10.1 Å². The van der Waals surface area contributed by atoms with Crippen molar-refractivity contribution in [3.05, 3.63) is 91.8 Å². The van der Waals surface area contributed by atoms with Crippen LogP contribution in [0.1, 0.15) is 38.3 Å². The summed E-state index contributed by atoms with van der Waals surface area (Å²) in [6, 6.07) is 14.2. The molecule has 0 aliphatic rings. The van der Waals surface area contributed by atoms with E-state index in [-0.39, 0.29) is 17.7 Å². The number of carbonyl (C=O) groups excluding carboxylic acids is 2. The smallest absolute Gasteiger partial charge is 0.340 e. The highest BCUT2D eigenvalue weighted by Gasteiger charge is 2.17. The van der Waals surface area contributed by atoms with Crippen LogP contribution in [0.2, 0.25) is 5.02 Å². The molecule has 1 N–H and O–H groups in total. The summed E-state index contributed by atoms with van der Waals surface area (Å²) in [5.41, 5.74) is 0.795. The lowest BCUT2D eigenvalue weighted by molar-refractivity contribution is 0.0469. The molecule has 4 rings (SSSR count). The number of hydrogen-bond acceptors (Lipinski definition) is 7. The van der Waals surface area contributed by atoms with Crippen LogP contribution in [0, 0.1) is 0 Å². The first-order valence-corrected chi connectivity index (χ1v) is 10.9. The molecule has 0 atom stereocenters. The molecule has 0 bridgehead atoms. The molecule has 1 amide bonds. The van der Waals surface area contributed by atoms with E-state index in [4.69, 9.17) is 16.3 Å². The van der Waals surface area contributed by atoms with Crippen LogP contribution in [-0.4, -0.2) is 26.5 Å². The van der Waals surface area contributed by atoms with E-state index in [9.17, 15) is 14.4 Å². The molecule has 0 saturated heterocycles. The number of aryl methyl sites for hydroxylation is 1. The molecule has 0 aliphatic carbocycles. The molecule has 2 aromatic heterocycles. The molecule has 0 unspecified atom stereocenters. The quantitative estimate of drug-likeness (QED) is 0.429. The summed E-state index contributed by atoms with van der Waals surface area (Å²) in [5, 5.41) is 8.10. The summed E-state index contributed by atoms with van der Waals surface area (Å²) in [7, 11) is 0. The van der Waals surface area contributed by atoms with E-state index in [2.05, 4.69) is 15.4 Å². The molecule has 10 heteroatoms. The van der Waals surface area contributed by atoms with Crippen molar-refractivity contribution in [1.29, 1.82) is 0 Å². The molecule has 0 fully saturated rings. The van der Waals surface area contributed by atoms with Gasteiger partial charge in [-0.1, -0.05) is 48.1 Å². The number of fused-ring (bicyclic) bond motifs is 1. The van der Waals surface area contributed by atoms with E-state index < -0.39 is 11.9 Å². The Labute approximate surface area is 191 Å². The number of rotatable bonds is 6. The fraction of sp³-hybridized carbons (Fsp3) is 0.136. The molecule has 162 valence electrons. The van der Waals surface area contributed by atoms with Crippen molar-refractivity contribution in [2.75, 3.05) is 5.32 Å². The number of benzene rings is 2. The first-order valence-electron chi connectivity index (χ1n) is 9.66. The predicted molar refractivity (Wildman–Crippen MR) is 121 cm³/mol. The van der Waals surface area contributed by atoms with Gasteiger partial charge in [-0.15, -0.1) is 0 Å². The lowest BCUT2D eigenvalue weighted by Gasteiger charge is -2.11. The number of halogens is 1. The van der Waals surface area contributed by atoms with Gasteiger partial charge in [-0.2, -0.15) is 9.61 Å². The Morgan fingerprint density at radius 2 is 1.97 bits per heavy atom. The zero-order valence-corrected chi connectivity index (χ0v) is 18.4. The van der Waals surface area contributed by atoms with Crippen LogP contribution in [0.15, 0.2) is 59.4 Å².